The van der Waals surface area contributed by atoms with Gasteiger partial charge in [-0.2, -0.15) is 0 Å². The number of aliphatic hydroxyl groups is 1. The molecule has 3 rings (SSSR count). The zero-order valence-corrected chi connectivity index (χ0v) is 14.9. The molecule has 0 amide bonds. The quantitative estimate of drug-likeness (QED) is 0.853. The zero-order chi connectivity index (χ0) is 17.5. The second kappa shape index (κ2) is 6.15. The largest absolute Gasteiger partial charge is 0.396 e. The number of hydrogen-bond acceptors (Lipinski definition) is 4. The molecule has 0 bridgehead atoms. The topological polar surface area (TPSA) is 80.4 Å². The lowest BCUT2D eigenvalue weighted by Crippen LogP contribution is -2.27. The maximum atomic E-state index is 13.1. The van der Waals surface area contributed by atoms with E-state index in [9.17, 15) is 13.5 Å². The Morgan fingerprint density at radius 3 is 2.42 bits per heavy atom. The van der Waals surface area contributed by atoms with E-state index in [2.05, 4.69) is 0 Å². The first-order valence-corrected chi connectivity index (χ1v) is 9.66. The number of rotatable bonds is 5. The molecular formula is C18H20ClNO3S. The van der Waals surface area contributed by atoms with Crippen LogP contribution in [0.15, 0.2) is 53.4 Å². The molecule has 1 fully saturated rings. The van der Waals surface area contributed by atoms with Gasteiger partial charge in [0, 0.05) is 22.9 Å². The molecule has 0 heterocycles. The maximum absolute atomic E-state index is 13.1. The fourth-order valence-electron chi connectivity index (χ4n) is 3.52. The van der Waals surface area contributed by atoms with Crippen molar-refractivity contribution in [3.8, 4) is 0 Å². The molecule has 1 aliphatic carbocycles. The van der Waals surface area contributed by atoms with Crippen LogP contribution in [-0.4, -0.2) is 31.9 Å². The predicted octanol–water partition coefficient (Wildman–Crippen LogP) is 2.53. The number of benzene rings is 2. The molecule has 24 heavy (non-hydrogen) atoms. The molecule has 128 valence electrons. The minimum absolute atomic E-state index is 0.0937. The zero-order valence-electron chi connectivity index (χ0n) is 13.3. The summed E-state index contributed by atoms with van der Waals surface area (Å²) in [5.74, 6) is -0.363. The molecule has 3 atom stereocenters. The van der Waals surface area contributed by atoms with Gasteiger partial charge in [0.25, 0.3) is 0 Å². The molecule has 0 spiro atoms. The molecular weight excluding hydrogens is 346 g/mol. The Hall–Kier alpha value is -1.40. The molecule has 0 aliphatic heterocycles. The van der Waals surface area contributed by atoms with Crippen molar-refractivity contribution in [2.75, 3.05) is 13.2 Å². The van der Waals surface area contributed by atoms with Crippen molar-refractivity contribution < 1.29 is 13.5 Å². The van der Waals surface area contributed by atoms with Crippen molar-refractivity contribution >= 4 is 21.4 Å². The van der Waals surface area contributed by atoms with Crippen molar-refractivity contribution in [1.82, 2.24) is 0 Å². The van der Waals surface area contributed by atoms with Crippen molar-refractivity contribution in [2.45, 2.75) is 23.0 Å². The molecule has 4 nitrogen and oxygen atoms in total. The van der Waals surface area contributed by atoms with E-state index in [-0.39, 0.29) is 24.0 Å². The van der Waals surface area contributed by atoms with E-state index in [1.807, 2.05) is 13.0 Å². The Kier molecular flexibility index (Phi) is 4.47. The molecule has 0 aromatic heterocycles. The second-order valence-corrected chi connectivity index (χ2v) is 8.91. The molecule has 0 saturated heterocycles. The van der Waals surface area contributed by atoms with E-state index < -0.39 is 20.5 Å². The van der Waals surface area contributed by atoms with E-state index in [4.69, 9.17) is 17.3 Å². The Morgan fingerprint density at radius 1 is 1.21 bits per heavy atom. The third-order valence-electron chi connectivity index (χ3n) is 4.95. The van der Waals surface area contributed by atoms with Gasteiger partial charge in [0.2, 0.25) is 0 Å². The summed E-state index contributed by atoms with van der Waals surface area (Å²) in [4.78, 5) is 0.258. The first kappa shape index (κ1) is 17.4. The van der Waals surface area contributed by atoms with Gasteiger partial charge < -0.3 is 10.8 Å². The van der Waals surface area contributed by atoms with Crippen LogP contribution in [0, 0.1) is 12.3 Å². The third kappa shape index (κ3) is 2.65. The average Bonchev–Trinajstić information content (AvgIpc) is 3.26. The highest BCUT2D eigenvalue weighted by Crippen LogP contribution is 2.63. The van der Waals surface area contributed by atoms with Crippen molar-refractivity contribution in [3.63, 3.8) is 0 Å². The lowest BCUT2D eigenvalue weighted by Gasteiger charge is -2.12. The van der Waals surface area contributed by atoms with Gasteiger partial charge in [-0.05, 0) is 36.8 Å². The van der Waals surface area contributed by atoms with Gasteiger partial charge in [0.15, 0.2) is 9.84 Å². The summed E-state index contributed by atoms with van der Waals surface area (Å²) in [7, 11) is -3.61. The Balaban J connectivity index is 2.06. The molecule has 1 aliphatic rings. The second-order valence-electron chi connectivity index (χ2n) is 6.41. The molecule has 0 unspecified atom stereocenters. The predicted molar refractivity (Wildman–Crippen MR) is 94.9 cm³/mol. The van der Waals surface area contributed by atoms with Crippen LogP contribution in [0.25, 0.3) is 0 Å². The highest BCUT2D eigenvalue weighted by molar-refractivity contribution is 7.92. The van der Waals surface area contributed by atoms with E-state index in [1.54, 1.807) is 42.5 Å². The van der Waals surface area contributed by atoms with E-state index in [0.29, 0.717) is 5.02 Å². The summed E-state index contributed by atoms with van der Waals surface area (Å²) in [5.41, 5.74) is 6.79. The van der Waals surface area contributed by atoms with Crippen LogP contribution in [0.1, 0.15) is 17.0 Å². The Bertz CT molecular complexity index is 845. The van der Waals surface area contributed by atoms with Crippen LogP contribution in [0.5, 0.6) is 0 Å². The van der Waals surface area contributed by atoms with Gasteiger partial charge in [-0.3, -0.25) is 0 Å². The lowest BCUT2D eigenvalue weighted by atomic mass is 10.0. The van der Waals surface area contributed by atoms with Crippen LogP contribution in [0.4, 0.5) is 0 Å². The third-order valence-corrected chi connectivity index (χ3v) is 7.52. The van der Waals surface area contributed by atoms with Crippen molar-refractivity contribution in [1.29, 1.82) is 0 Å². The van der Waals surface area contributed by atoms with Gasteiger partial charge in [0.1, 0.15) is 0 Å². The van der Waals surface area contributed by atoms with Crippen molar-refractivity contribution in [3.05, 3.63) is 64.7 Å². The summed E-state index contributed by atoms with van der Waals surface area (Å²) < 4.78 is 26.2. The molecule has 0 radical (unpaired) electrons. The standard InChI is InChI=1S/C18H20ClNO3S/c1-12-5-7-15(8-6-12)24(22,23)17-16(18(17,10-20)11-21)13-3-2-4-14(19)9-13/h2-9,16-17,21H,10-11,20H2,1H3/t16-,17-,18-/m1/s1. The lowest BCUT2D eigenvalue weighted by molar-refractivity contribution is 0.212. The normalized spacial score (nSPS) is 26.3. The van der Waals surface area contributed by atoms with Crippen LogP contribution in [0.2, 0.25) is 5.02 Å². The molecule has 2 aromatic carbocycles. The van der Waals surface area contributed by atoms with Gasteiger partial charge >= 0.3 is 0 Å². The molecule has 6 heteroatoms. The number of aliphatic hydroxyl groups excluding tert-OH is 1. The first-order chi connectivity index (χ1) is 11.4. The monoisotopic (exact) mass is 365 g/mol. The van der Waals surface area contributed by atoms with Gasteiger partial charge in [-0.15, -0.1) is 0 Å². The number of nitrogens with two attached hydrogens (primary N) is 1. The highest BCUT2D eigenvalue weighted by Gasteiger charge is 2.70. The summed E-state index contributed by atoms with van der Waals surface area (Å²) in [6.45, 7) is 1.72. The van der Waals surface area contributed by atoms with Crippen LogP contribution < -0.4 is 5.73 Å². The molecule has 1 saturated carbocycles. The van der Waals surface area contributed by atoms with E-state index in [1.165, 1.54) is 0 Å². The average molecular weight is 366 g/mol. The minimum atomic E-state index is -3.61. The van der Waals surface area contributed by atoms with Crippen LogP contribution >= 0.6 is 11.6 Å². The summed E-state index contributed by atoms with van der Waals surface area (Å²) in [5, 5.41) is 9.69. The highest BCUT2D eigenvalue weighted by atomic mass is 35.5. The number of sulfone groups is 1. The fraction of sp³-hybridized carbons (Fsp3) is 0.333. The first-order valence-electron chi connectivity index (χ1n) is 7.74. The summed E-state index contributed by atoms with van der Waals surface area (Å²) >= 11 is 6.05. The SMILES string of the molecule is Cc1ccc(S(=O)(=O)[C@@H]2[C@@H](c3cccc(Cl)c3)[C@@]2(CN)CO)cc1. The maximum Gasteiger partial charge on any atom is 0.182 e. The number of aryl methyl sites for hydroxylation is 1. The minimum Gasteiger partial charge on any atom is -0.396 e. The van der Waals surface area contributed by atoms with Gasteiger partial charge in [-0.25, -0.2) is 8.42 Å². The van der Waals surface area contributed by atoms with E-state index >= 15 is 0 Å². The smallest absolute Gasteiger partial charge is 0.182 e. The number of halogens is 1. The van der Waals surface area contributed by atoms with Crippen molar-refractivity contribution in [2.24, 2.45) is 11.1 Å². The van der Waals surface area contributed by atoms with Crippen LogP contribution in [0.3, 0.4) is 0 Å². The Morgan fingerprint density at radius 2 is 1.88 bits per heavy atom. The fourth-order valence-corrected chi connectivity index (χ4v) is 6.17. The molecule has 3 N–H and O–H groups in total. The number of hydrogen-bond donors (Lipinski definition) is 2. The molecule has 2 aromatic rings. The van der Waals surface area contributed by atoms with Gasteiger partial charge in [0.05, 0.1) is 16.8 Å². The summed E-state index contributed by atoms with van der Waals surface area (Å²) in [6.07, 6.45) is 0. The van der Waals surface area contributed by atoms with E-state index in [0.717, 1.165) is 11.1 Å². The Labute approximate surface area is 147 Å². The van der Waals surface area contributed by atoms with Crippen LogP contribution in [-0.2, 0) is 9.84 Å². The van der Waals surface area contributed by atoms with Gasteiger partial charge in [-0.1, -0.05) is 41.4 Å². The summed E-state index contributed by atoms with van der Waals surface area (Å²) in [6, 6.07) is 13.9.